The number of alkyl halides is 3. The van der Waals surface area contributed by atoms with Crippen molar-refractivity contribution in [2.24, 2.45) is 0 Å². The van der Waals surface area contributed by atoms with E-state index in [4.69, 9.17) is 14.0 Å². The SMILES string of the molecule is O=C(NCC1=C[CH-]1)c1ccc(SC(F)(F)F)cc1.[C-]#[O+].[C-]#[O+].[C-]#[O+].[Co]. The predicted molar refractivity (Wildman–Crippen MR) is 74.9 cm³/mol. The van der Waals surface area contributed by atoms with Crippen LogP contribution in [0, 0.1) is 26.4 Å². The van der Waals surface area contributed by atoms with Gasteiger partial charge in [-0.3, -0.25) is 17.3 Å². The summed E-state index contributed by atoms with van der Waals surface area (Å²) >= 11 is -0.196. The zero-order chi connectivity index (χ0) is 19.2. The molecule has 25 heavy (non-hydrogen) atoms. The number of carbonyl (C=O) groups excluding carboxylic acids is 1. The Morgan fingerprint density at radius 2 is 1.52 bits per heavy atom. The summed E-state index contributed by atoms with van der Waals surface area (Å²) in [6.07, 6.45) is 3.76. The van der Waals surface area contributed by atoms with Crippen LogP contribution >= 0.6 is 11.8 Å². The third-order valence-corrected chi connectivity index (χ3v) is 2.94. The number of benzene rings is 1. The van der Waals surface area contributed by atoms with Crippen molar-refractivity contribution in [3.63, 3.8) is 0 Å². The standard InChI is InChI=1S/C12H9F3NOS.3CO.Co/c13-12(14,15)18-10-5-3-9(4-6-10)11(17)16-7-8-1-2-8;3*1-2;/h1-6H,7H2,(H,16,17);;;;/q-1;;;;. The molecule has 0 aliphatic heterocycles. The molecule has 0 fully saturated rings. The second kappa shape index (κ2) is 15.7. The summed E-state index contributed by atoms with van der Waals surface area (Å²) in [7, 11) is 0. The number of amides is 1. The van der Waals surface area contributed by atoms with Crippen molar-refractivity contribution in [3.8, 4) is 0 Å². The Bertz CT molecular complexity index is 596. The van der Waals surface area contributed by atoms with Gasteiger partial charge in [-0.15, -0.1) is 0 Å². The van der Waals surface area contributed by atoms with Crippen molar-refractivity contribution in [3.05, 3.63) is 67.8 Å². The zero-order valence-corrected chi connectivity index (χ0v) is 14.0. The number of carbonyl (C=O) groups is 1. The molecule has 0 aromatic heterocycles. The van der Waals surface area contributed by atoms with Gasteiger partial charge in [-0.1, -0.05) is 0 Å². The maximum atomic E-state index is 12.1. The van der Waals surface area contributed by atoms with E-state index in [9.17, 15) is 18.0 Å². The van der Waals surface area contributed by atoms with Crippen molar-refractivity contribution in [1.82, 2.24) is 5.32 Å². The van der Waals surface area contributed by atoms with Crippen LogP contribution in [0.15, 0.2) is 40.8 Å². The van der Waals surface area contributed by atoms with Crippen LogP contribution in [-0.2, 0) is 30.7 Å². The third kappa shape index (κ3) is 14.2. The molecule has 0 saturated heterocycles. The fourth-order valence-electron chi connectivity index (χ4n) is 1.27. The van der Waals surface area contributed by atoms with Crippen LogP contribution in [0.5, 0.6) is 0 Å². The Balaban J connectivity index is -0.000000626. The van der Waals surface area contributed by atoms with Gasteiger partial charge in [0.15, 0.2) is 0 Å². The molecule has 5 nitrogen and oxygen atoms in total. The second-order valence-electron chi connectivity index (χ2n) is 3.66. The normalized spacial score (nSPS) is 10.0. The molecule has 0 atom stereocenters. The van der Waals surface area contributed by atoms with Crippen molar-refractivity contribution in [2.75, 3.05) is 6.54 Å². The van der Waals surface area contributed by atoms with Gasteiger partial charge in [0, 0.05) is 27.2 Å². The Hall–Kier alpha value is -1.83. The Labute approximate surface area is 156 Å². The van der Waals surface area contributed by atoms with Gasteiger partial charge in [0.1, 0.15) is 0 Å². The number of hydrogen-bond donors (Lipinski definition) is 1. The van der Waals surface area contributed by atoms with Gasteiger partial charge >= 0.3 is 39.4 Å². The molecular formula is C15H9CoF3NO4S-. The minimum Gasteiger partial charge on any atom is 0 e. The first-order valence-electron chi connectivity index (χ1n) is 5.73. The summed E-state index contributed by atoms with van der Waals surface area (Å²) < 4.78 is 58.8. The molecule has 2 rings (SSSR count). The molecule has 1 aromatic carbocycles. The molecule has 0 spiro atoms. The maximum Gasteiger partial charge on any atom is 0 e. The summed E-state index contributed by atoms with van der Waals surface area (Å²) in [6, 6.07) is 5.34. The number of nitrogens with one attached hydrogen (secondary N) is 1. The summed E-state index contributed by atoms with van der Waals surface area (Å²) in [5.41, 5.74) is -2.91. The number of hydrogen-bond acceptors (Lipinski definition) is 2. The van der Waals surface area contributed by atoms with E-state index in [0.717, 1.165) is 5.57 Å². The molecule has 1 aromatic rings. The maximum absolute atomic E-state index is 12.1. The molecule has 0 bridgehead atoms. The topological polar surface area (TPSA) is 88.8 Å². The second-order valence-corrected chi connectivity index (χ2v) is 4.80. The van der Waals surface area contributed by atoms with E-state index in [1.807, 2.05) is 12.5 Å². The molecule has 0 unspecified atom stereocenters. The van der Waals surface area contributed by atoms with Crippen LogP contribution in [0.3, 0.4) is 0 Å². The number of allylic oxidation sites excluding steroid dienone is 1. The minimum atomic E-state index is -4.31. The number of rotatable bonds is 4. The molecule has 0 saturated carbocycles. The van der Waals surface area contributed by atoms with Gasteiger partial charge in [0.2, 0.25) is 0 Å². The Morgan fingerprint density at radius 3 is 1.88 bits per heavy atom. The summed E-state index contributed by atoms with van der Waals surface area (Å²) in [4.78, 5) is 11.7. The molecule has 1 N–H and O–H groups in total. The molecule has 10 heteroatoms. The van der Waals surface area contributed by atoms with Crippen LogP contribution in [0.1, 0.15) is 10.4 Å². The van der Waals surface area contributed by atoms with Crippen molar-refractivity contribution < 1.29 is 48.7 Å². The first-order chi connectivity index (χ1) is 11.4. The first-order valence-corrected chi connectivity index (χ1v) is 6.55. The van der Waals surface area contributed by atoms with Crippen molar-refractivity contribution in [2.45, 2.75) is 10.4 Å². The Morgan fingerprint density at radius 1 is 1.08 bits per heavy atom. The largest absolute Gasteiger partial charge is 0 e. The molecule has 1 aliphatic carbocycles. The predicted octanol–water partition coefficient (Wildman–Crippen LogP) is 3.06. The van der Waals surface area contributed by atoms with E-state index in [2.05, 4.69) is 25.3 Å². The quantitative estimate of drug-likeness (QED) is 0.466. The summed E-state index contributed by atoms with van der Waals surface area (Å²) in [5, 5.41) is 2.66. The van der Waals surface area contributed by atoms with Crippen LogP contribution in [0.4, 0.5) is 13.2 Å². The van der Waals surface area contributed by atoms with Crippen LogP contribution in [0.2, 0.25) is 0 Å². The van der Waals surface area contributed by atoms with Gasteiger partial charge in [-0.05, 0) is 42.6 Å². The molecule has 0 heterocycles. The smallest absolute Gasteiger partial charge is 0 e. The van der Waals surface area contributed by atoms with E-state index < -0.39 is 5.51 Å². The van der Waals surface area contributed by atoms with Gasteiger partial charge in [0.05, 0.1) is 0 Å². The first kappa shape index (κ1) is 28.0. The van der Waals surface area contributed by atoms with Crippen molar-refractivity contribution in [1.29, 1.82) is 0 Å². The molecule has 1 radical (unpaired) electrons. The molecule has 135 valence electrons. The van der Waals surface area contributed by atoms with Crippen molar-refractivity contribution >= 4 is 17.7 Å². The average Bonchev–Trinajstić information content (AvgIpc) is 3.42. The summed E-state index contributed by atoms with van der Waals surface area (Å²) in [5.74, 6) is -0.292. The van der Waals surface area contributed by atoms with Gasteiger partial charge in [-0.25, -0.2) is 5.57 Å². The zero-order valence-electron chi connectivity index (χ0n) is 12.2. The van der Waals surface area contributed by atoms with E-state index >= 15 is 0 Å². The van der Waals surface area contributed by atoms with Crippen LogP contribution < -0.4 is 5.32 Å². The van der Waals surface area contributed by atoms with E-state index in [-0.39, 0.29) is 39.3 Å². The van der Waals surface area contributed by atoms with Gasteiger partial charge in [0.25, 0.3) is 5.91 Å². The molecular weight excluding hydrogens is 406 g/mol. The van der Waals surface area contributed by atoms with Gasteiger partial charge in [-0.2, -0.15) is 13.2 Å². The fourth-order valence-corrected chi connectivity index (χ4v) is 1.81. The van der Waals surface area contributed by atoms with E-state index in [1.54, 1.807) is 0 Å². The molecule has 1 aliphatic rings. The Kier molecular flexibility index (Phi) is 17.6. The monoisotopic (exact) mass is 415 g/mol. The third-order valence-electron chi connectivity index (χ3n) is 2.21. The fraction of sp³-hybridized carbons (Fsp3) is 0.133. The van der Waals surface area contributed by atoms with E-state index in [1.165, 1.54) is 24.3 Å². The van der Waals surface area contributed by atoms with E-state index in [0.29, 0.717) is 12.1 Å². The summed E-state index contributed by atoms with van der Waals surface area (Å²) in [6.45, 7) is 14.0. The van der Waals surface area contributed by atoms with Crippen LogP contribution in [0.25, 0.3) is 0 Å². The number of halogens is 3. The van der Waals surface area contributed by atoms with Crippen LogP contribution in [-0.4, -0.2) is 18.0 Å². The minimum absolute atomic E-state index is 0. The van der Waals surface area contributed by atoms with Gasteiger partial charge < -0.3 is 5.32 Å². The average molecular weight is 415 g/mol. The number of thioether (sulfide) groups is 1. The molecule has 1 amide bonds.